The maximum absolute atomic E-state index is 11.9. The largest absolute Gasteiger partial charge is 0.382 e. The minimum Gasteiger partial charge on any atom is -0.382 e. The predicted molar refractivity (Wildman–Crippen MR) is 60.6 cm³/mol. The van der Waals surface area contributed by atoms with Crippen molar-refractivity contribution in [2.24, 2.45) is 5.41 Å². The molecule has 1 saturated carbocycles. The van der Waals surface area contributed by atoms with Gasteiger partial charge in [0.05, 0.1) is 6.07 Å². The fourth-order valence-electron chi connectivity index (χ4n) is 2.06. The normalized spacial score (nSPS) is 18.0. The van der Waals surface area contributed by atoms with Crippen LogP contribution in [0.3, 0.4) is 0 Å². The molecule has 0 atom stereocenters. The standard InChI is InChI=1S/C12H20N2O2/c1-2-16-9-5-8-14-11(15)12(10-13)6-3-4-7-12/h2-9H2,1H3,(H,14,15). The lowest BCUT2D eigenvalue weighted by Crippen LogP contribution is -2.38. The van der Waals surface area contributed by atoms with Crippen molar-refractivity contribution < 1.29 is 9.53 Å². The molecule has 0 radical (unpaired) electrons. The molecular formula is C12H20N2O2. The zero-order valence-electron chi connectivity index (χ0n) is 9.92. The van der Waals surface area contributed by atoms with E-state index >= 15 is 0 Å². The van der Waals surface area contributed by atoms with E-state index in [9.17, 15) is 4.79 Å². The van der Waals surface area contributed by atoms with E-state index in [0.717, 1.165) is 19.3 Å². The molecule has 4 heteroatoms. The highest BCUT2D eigenvalue weighted by Gasteiger charge is 2.41. The molecule has 1 fully saturated rings. The average Bonchev–Trinajstić information content (AvgIpc) is 2.78. The third kappa shape index (κ3) is 3.21. The number of amides is 1. The van der Waals surface area contributed by atoms with Crippen LogP contribution in [0.5, 0.6) is 0 Å². The number of carbonyl (C=O) groups excluding carboxylic acids is 1. The van der Waals surface area contributed by atoms with Crippen LogP contribution < -0.4 is 5.32 Å². The van der Waals surface area contributed by atoms with Gasteiger partial charge in [-0.1, -0.05) is 12.8 Å². The van der Waals surface area contributed by atoms with Gasteiger partial charge in [-0.2, -0.15) is 5.26 Å². The third-order valence-electron chi connectivity index (χ3n) is 3.06. The molecule has 0 saturated heterocycles. The van der Waals surface area contributed by atoms with E-state index < -0.39 is 5.41 Å². The fourth-order valence-corrected chi connectivity index (χ4v) is 2.06. The van der Waals surface area contributed by atoms with Crippen LogP contribution in [0, 0.1) is 16.7 Å². The fraction of sp³-hybridized carbons (Fsp3) is 0.833. The summed E-state index contributed by atoms with van der Waals surface area (Å²) in [5.41, 5.74) is -0.744. The number of nitrogens with zero attached hydrogens (tertiary/aromatic N) is 1. The van der Waals surface area contributed by atoms with E-state index in [0.29, 0.717) is 32.6 Å². The average molecular weight is 224 g/mol. The zero-order chi connectivity index (χ0) is 11.9. The summed E-state index contributed by atoms with van der Waals surface area (Å²) in [4.78, 5) is 11.9. The van der Waals surface area contributed by atoms with Crippen molar-refractivity contribution in [1.82, 2.24) is 5.32 Å². The highest BCUT2D eigenvalue weighted by molar-refractivity contribution is 5.85. The second-order valence-electron chi connectivity index (χ2n) is 4.21. The van der Waals surface area contributed by atoms with Crippen LogP contribution >= 0.6 is 0 Å². The van der Waals surface area contributed by atoms with E-state index in [4.69, 9.17) is 10.00 Å². The summed E-state index contributed by atoms with van der Waals surface area (Å²) in [5, 5.41) is 11.9. The molecule has 0 aromatic rings. The molecule has 1 aliphatic rings. The molecule has 0 unspecified atom stereocenters. The van der Waals surface area contributed by atoms with Gasteiger partial charge in [0.1, 0.15) is 5.41 Å². The molecule has 1 amide bonds. The summed E-state index contributed by atoms with van der Waals surface area (Å²) in [6.07, 6.45) is 4.20. The molecular weight excluding hydrogens is 204 g/mol. The van der Waals surface area contributed by atoms with Crippen molar-refractivity contribution in [3.05, 3.63) is 0 Å². The summed E-state index contributed by atoms with van der Waals surface area (Å²) < 4.78 is 5.18. The Morgan fingerprint density at radius 2 is 2.19 bits per heavy atom. The summed E-state index contributed by atoms with van der Waals surface area (Å²) in [6.45, 7) is 3.91. The van der Waals surface area contributed by atoms with Crippen molar-refractivity contribution in [3.8, 4) is 6.07 Å². The van der Waals surface area contributed by atoms with Crippen molar-refractivity contribution in [3.63, 3.8) is 0 Å². The molecule has 0 heterocycles. The SMILES string of the molecule is CCOCCCNC(=O)C1(C#N)CCCC1. The maximum atomic E-state index is 11.9. The van der Waals surface area contributed by atoms with E-state index in [1.165, 1.54) is 0 Å². The molecule has 0 aromatic heterocycles. The Morgan fingerprint density at radius 3 is 2.75 bits per heavy atom. The molecule has 1 rings (SSSR count). The predicted octanol–water partition coefficient (Wildman–Crippen LogP) is 1.61. The van der Waals surface area contributed by atoms with Crippen LogP contribution in [0.1, 0.15) is 39.0 Å². The maximum Gasteiger partial charge on any atom is 0.240 e. The lowest BCUT2D eigenvalue weighted by molar-refractivity contribution is -0.127. The molecule has 90 valence electrons. The van der Waals surface area contributed by atoms with Gasteiger partial charge < -0.3 is 10.1 Å². The Hall–Kier alpha value is -1.08. The molecule has 4 nitrogen and oxygen atoms in total. The van der Waals surface area contributed by atoms with Gasteiger partial charge in [-0.3, -0.25) is 4.79 Å². The van der Waals surface area contributed by atoms with Crippen LogP contribution in [0.15, 0.2) is 0 Å². The first-order valence-corrected chi connectivity index (χ1v) is 6.02. The molecule has 1 aliphatic carbocycles. The van der Waals surface area contributed by atoms with Crippen molar-refractivity contribution in [2.75, 3.05) is 19.8 Å². The second kappa shape index (κ2) is 6.49. The van der Waals surface area contributed by atoms with Gasteiger partial charge in [-0.05, 0) is 26.2 Å². The number of nitrogens with one attached hydrogen (secondary N) is 1. The quantitative estimate of drug-likeness (QED) is 0.697. The van der Waals surface area contributed by atoms with Gasteiger partial charge in [-0.15, -0.1) is 0 Å². The van der Waals surface area contributed by atoms with E-state index in [1.807, 2.05) is 6.92 Å². The topological polar surface area (TPSA) is 62.1 Å². The van der Waals surface area contributed by atoms with Crippen LogP contribution in [0.25, 0.3) is 0 Å². The Kier molecular flexibility index (Phi) is 5.27. The Bertz CT molecular complexity index is 265. The number of rotatable bonds is 6. The lowest BCUT2D eigenvalue weighted by Gasteiger charge is -2.19. The summed E-state index contributed by atoms with van der Waals surface area (Å²) in [7, 11) is 0. The number of ether oxygens (including phenoxy) is 1. The van der Waals surface area contributed by atoms with Gasteiger partial charge in [0, 0.05) is 19.8 Å². The van der Waals surface area contributed by atoms with Gasteiger partial charge in [0.15, 0.2) is 0 Å². The first kappa shape index (κ1) is 13.0. The molecule has 1 N–H and O–H groups in total. The summed E-state index contributed by atoms with van der Waals surface area (Å²) in [5.74, 6) is -0.0935. The van der Waals surface area contributed by atoms with Crippen LogP contribution in [0.2, 0.25) is 0 Å². The monoisotopic (exact) mass is 224 g/mol. The summed E-state index contributed by atoms with van der Waals surface area (Å²) >= 11 is 0. The van der Waals surface area contributed by atoms with E-state index in [2.05, 4.69) is 11.4 Å². The smallest absolute Gasteiger partial charge is 0.240 e. The van der Waals surface area contributed by atoms with Crippen molar-refractivity contribution in [2.45, 2.75) is 39.0 Å². The molecule has 16 heavy (non-hydrogen) atoms. The number of hydrogen-bond acceptors (Lipinski definition) is 3. The van der Waals surface area contributed by atoms with E-state index in [1.54, 1.807) is 0 Å². The summed E-state index contributed by atoms with van der Waals surface area (Å²) in [6, 6.07) is 2.19. The molecule has 0 aromatic carbocycles. The van der Waals surface area contributed by atoms with Gasteiger partial charge in [-0.25, -0.2) is 0 Å². The second-order valence-corrected chi connectivity index (χ2v) is 4.21. The van der Waals surface area contributed by atoms with Crippen molar-refractivity contribution >= 4 is 5.91 Å². The Balaban J connectivity index is 2.26. The molecule has 0 spiro atoms. The van der Waals surface area contributed by atoms with Gasteiger partial charge in [0.25, 0.3) is 0 Å². The minimum atomic E-state index is -0.744. The first-order valence-electron chi connectivity index (χ1n) is 6.02. The first-order chi connectivity index (χ1) is 7.75. The van der Waals surface area contributed by atoms with Gasteiger partial charge >= 0.3 is 0 Å². The van der Waals surface area contributed by atoms with Crippen molar-refractivity contribution in [1.29, 1.82) is 5.26 Å². The zero-order valence-corrected chi connectivity index (χ0v) is 9.92. The molecule has 0 aliphatic heterocycles. The highest BCUT2D eigenvalue weighted by atomic mass is 16.5. The van der Waals surface area contributed by atoms with Crippen LogP contribution in [0.4, 0.5) is 0 Å². The lowest BCUT2D eigenvalue weighted by atomic mass is 9.87. The highest BCUT2D eigenvalue weighted by Crippen LogP contribution is 2.37. The molecule has 0 bridgehead atoms. The number of hydrogen-bond donors (Lipinski definition) is 1. The minimum absolute atomic E-state index is 0.0935. The number of carbonyl (C=O) groups is 1. The van der Waals surface area contributed by atoms with E-state index in [-0.39, 0.29) is 5.91 Å². The van der Waals surface area contributed by atoms with Crippen LogP contribution in [-0.4, -0.2) is 25.7 Å². The number of nitriles is 1. The Morgan fingerprint density at radius 1 is 1.50 bits per heavy atom. The van der Waals surface area contributed by atoms with Crippen LogP contribution in [-0.2, 0) is 9.53 Å². The Labute approximate surface area is 97.0 Å². The third-order valence-corrected chi connectivity index (χ3v) is 3.06. The van der Waals surface area contributed by atoms with Gasteiger partial charge in [0.2, 0.25) is 5.91 Å².